The lowest BCUT2D eigenvalue weighted by Crippen LogP contribution is -2.14. The summed E-state index contributed by atoms with van der Waals surface area (Å²) in [6.07, 6.45) is 1.49. The van der Waals surface area contributed by atoms with Crippen molar-refractivity contribution in [2.45, 2.75) is 25.9 Å². The SMILES string of the molecule is C=CCOC(=O)c1nc(NC(=O)CSc2nnc3cc(C)c4cccc(C)c4n23)sc1C. The van der Waals surface area contributed by atoms with E-state index in [0.717, 1.165) is 27.7 Å². The molecular weight excluding hydrogens is 446 g/mol. The molecule has 0 aliphatic carbocycles. The number of para-hydroxylation sites is 1. The second-order valence-electron chi connectivity index (χ2n) is 7.12. The number of thioether (sulfide) groups is 1. The fourth-order valence-electron chi connectivity index (χ4n) is 3.35. The Bertz CT molecular complexity index is 1360. The number of carbonyl (C=O) groups excluding carboxylic acids is 2. The fraction of sp³-hybridized carbons (Fsp3) is 0.227. The average molecular weight is 468 g/mol. The van der Waals surface area contributed by atoms with Gasteiger partial charge in [-0.3, -0.25) is 9.20 Å². The zero-order chi connectivity index (χ0) is 22.8. The number of aryl methyl sites for hydroxylation is 3. The molecule has 10 heteroatoms. The van der Waals surface area contributed by atoms with E-state index in [4.69, 9.17) is 4.74 Å². The minimum Gasteiger partial charge on any atom is -0.457 e. The first kappa shape index (κ1) is 22.0. The number of esters is 1. The first-order valence-corrected chi connectivity index (χ1v) is 11.6. The first-order chi connectivity index (χ1) is 15.4. The summed E-state index contributed by atoms with van der Waals surface area (Å²) >= 11 is 2.52. The molecule has 0 unspecified atom stereocenters. The Kier molecular flexibility index (Phi) is 6.24. The summed E-state index contributed by atoms with van der Waals surface area (Å²) in [6.45, 7) is 9.47. The van der Waals surface area contributed by atoms with Crippen molar-refractivity contribution in [3.8, 4) is 0 Å². The number of aromatic nitrogens is 4. The molecule has 3 heterocycles. The van der Waals surface area contributed by atoms with Gasteiger partial charge < -0.3 is 10.1 Å². The smallest absolute Gasteiger partial charge is 0.358 e. The summed E-state index contributed by atoms with van der Waals surface area (Å²) in [6, 6.07) is 8.13. The number of ether oxygens (including phenoxy) is 1. The van der Waals surface area contributed by atoms with Crippen LogP contribution in [0.25, 0.3) is 16.6 Å². The van der Waals surface area contributed by atoms with Crippen LogP contribution in [0, 0.1) is 20.8 Å². The number of carbonyl (C=O) groups is 2. The van der Waals surface area contributed by atoms with Crippen molar-refractivity contribution < 1.29 is 14.3 Å². The van der Waals surface area contributed by atoms with E-state index in [1.807, 2.05) is 36.4 Å². The quantitative estimate of drug-likeness (QED) is 0.245. The number of pyridine rings is 1. The van der Waals surface area contributed by atoms with Crippen LogP contribution in [0.1, 0.15) is 26.5 Å². The number of hydrogen-bond donors (Lipinski definition) is 1. The van der Waals surface area contributed by atoms with Crippen molar-refractivity contribution in [2.75, 3.05) is 17.7 Å². The molecule has 0 fully saturated rings. The van der Waals surface area contributed by atoms with Gasteiger partial charge >= 0.3 is 5.97 Å². The summed E-state index contributed by atoms with van der Waals surface area (Å²) in [5.74, 6) is -0.669. The van der Waals surface area contributed by atoms with Gasteiger partial charge in [-0.25, -0.2) is 9.78 Å². The molecule has 0 aliphatic heterocycles. The molecule has 0 saturated heterocycles. The average Bonchev–Trinajstić information content (AvgIpc) is 3.33. The zero-order valence-corrected chi connectivity index (χ0v) is 19.5. The van der Waals surface area contributed by atoms with Crippen molar-refractivity contribution in [3.63, 3.8) is 0 Å². The van der Waals surface area contributed by atoms with Crippen LogP contribution in [0.15, 0.2) is 42.1 Å². The van der Waals surface area contributed by atoms with Crippen molar-refractivity contribution in [1.82, 2.24) is 19.6 Å². The molecule has 4 aromatic rings. The highest BCUT2D eigenvalue weighted by Gasteiger charge is 2.19. The van der Waals surface area contributed by atoms with Gasteiger partial charge in [-0.15, -0.1) is 21.5 Å². The van der Waals surface area contributed by atoms with E-state index in [1.165, 1.54) is 29.2 Å². The second kappa shape index (κ2) is 9.09. The summed E-state index contributed by atoms with van der Waals surface area (Å²) in [7, 11) is 0. The molecule has 0 saturated carbocycles. The van der Waals surface area contributed by atoms with Crippen molar-refractivity contribution in [1.29, 1.82) is 0 Å². The number of rotatable bonds is 7. The molecule has 0 aliphatic rings. The number of benzene rings is 1. The van der Waals surface area contributed by atoms with Gasteiger partial charge in [-0.05, 0) is 38.0 Å². The number of hydrogen-bond acceptors (Lipinski definition) is 8. The number of anilines is 1. The normalized spacial score (nSPS) is 11.1. The molecule has 3 aromatic heterocycles. The first-order valence-electron chi connectivity index (χ1n) is 9.81. The Morgan fingerprint density at radius 1 is 1.25 bits per heavy atom. The minimum absolute atomic E-state index is 0.105. The molecule has 4 rings (SSSR count). The van der Waals surface area contributed by atoms with Gasteiger partial charge in [0.05, 0.1) is 11.3 Å². The van der Waals surface area contributed by atoms with Crippen molar-refractivity contribution in [3.05, 3.63) is 58.6 Å². The third-order valence-electron chi connectivity index (χ3n) is 4.79. The molecule has 8 nitrogen and oxygen atoms in total. The van der Waals surface area contributed by atoms with Crippen molar-refractivity contribution in [2.24, 2.45) is 0 Å². The molecule has 0 radical (unpaired) electrons. The van der Waals surface area contributed by atoms with Crippen LogP contribution in [0.5, 0.6) is 0 Å². The molecular formula is C22H21N5O3S2. The minimum atomic E-state index is -0.541. The lowest BCUT2D eigenvalue weighted by Gasteiger charge is -2.09. The predicted octanol–water partition coefficient (Wildman–Crippen LogP) is 4.34. The molecule has 1 amide bonds. The maximum atomic E-state index is 12.5. The maximum absolute atomic E-state index is 12.5. The van der Waals surface area contributed by atoms with Gasteiger partial charge in [0.1, 0.15) is 6.61 Å². The topological polar surface area (TPSA) is 98.5 Å². The van der Waals surface area contributed by atoms with E-state index in [0.29, 0.717) is 15.2 Å². The van der Waals surface area contributed by atoms with E-state index in [2.05, 4.69) is 33.1 Å². The van der Waals surface area contributed by atoms with E-state index < -0.39 is 5.97 Å². The van der Waals surface area contributed by atoms with E-state index in [1.54, 1.807) is 6.92 Å². The van der Waals surface area contributed by atoms with Crippen LogP contribution in [0.2, 0.25) is 0 Å². The van der Waals surface area contributed by atoms with E-state index in [9.17, 15) is 9.59 Å². The monoisotopic (exact) mass is 467 g/mol. The molecule has 1 N–H and O–H groups in total. The Morgan fingerprint density at radius 3 is 2.84 bits per heavy atom. The van der Waals surface area contributed by atoms with E-state index in [-0.39, 0.29) is 24.0 Å². The largest absolute Gasteiger partial charge is 0.457 e. The number of thiazole rings is 1. The van der Waals surface area contributed by atoms with Gasteiger partial charge in [-0.2, -0.15) is 0 Å². The fourth-order valence-corrected chi connectivity index (χ4v) is 4.91. The lowest BCUT2D eigenvalue weighted by atomic mass is 10.1. The highest BCUT2D eigenvalue weighted by Crippen LogP contribution is 2.28. The van der Waals surface area contributed by atoms with E-state index >= 15 is 0 Å². The number of nitrogens with zero attached hydrogens (tertiary/aromatic N) is 4. The Balaban J connectivity index is 1.51. The molecule has 32 heavy (non-hydrogen) atoms. The van der Waals surface area contributed by atoms with Crippen LogP contribution in [0.4, 0.5) is 5.13 Å². The third-order valence-corrected chi connectivity index (χ3v) is 6.61. The number of amides is 1. The maximum Gasteiger partial charge on any atom is 0.358 e. The Labute approximate surface area is 192 Å². The second-order valence-corrected chi connectivity index (χ2v) is 9.27. The standard InChI is InChI=1S/C22H21N5O3S2/c1-5-9-30-20(29)18-14(4)32-21(24-18)23-17(28)11-31-22-26-25-16-10-13(3)15-8-6-7-12(2)19(15)27(16)22/h5-8,10H,1,9,11H2,2-4H3,(H,23,24,28). The summed E-state index contributed by atoms with van der Waals surface area (Å²) in [5.41, 5.74) is 4.20. The van der Waals surface area contributed by atoms with Crippen LogP contribution < -0.4 is 5.32 Å². The van der Waals surface area contributed by atoms with Gasteiger partial charge in [0.15, 0.2) is 21.6 Å². The molecule has 0 atom stereocenters. The predicted molar refractivity (Wildman–Crippen MR) is 127 cm³/mol. The Hall–Kier alpha value is -3.24. The van der Waals surface area contributed by atoms with Crippen LogP contribution in [-0.2, 0) is 9.53 Å². The third kappa shape index (κ3) is 4.23. The Morgan fingerprint density at radius 2 is 2.06 bits per heavy atom. The van der Waals surface area contributed by atoms with Crippen LogP contribution >= 0.6 is 23.1 Å². The van der Waals surface area contributed by atoms with Gasteiger partial charge in [0.2, 0.25) is 5.91 Å². The van der Waals surface area contributed by atoms with Gasteiger partial charge in [0, 0.05) is 10.3 Å². The summed E-state index contributed by atoms with van der Waals surface area (Å²) in [4.78, 5) is 29.4. The lowest BCUT2D eigenvalue weighted by molar-refractivity contribution is -0.113. The highest BCUT2D eigenvalue weighted by molar-refractivity contribution is 7.99. The summed E-state index contributed by atoms with van der Waals surface area (Å²) < 4.78 is 7.00. The number of nitrogens with one attached hydrogen (secondary N) is 1. The molecule has 1 aromatic carbocycles. The zero-order valence-electron chi connectivity index (χ0n) is 17.8. The van der Waals surface area contributed by atoms with Crippen molar-refractivity contribution >= 4 is 56.7 Å². The molecule has 0 spiro atoms. The molecule has 164 valence electrons. The van der Waals surface area contributed by atoms with Crippen LogP contribution in [-0.4, -0.2) is 43.8 Å². The van der Waals surface area contributed by atoms with Crippen LogP contribution in [0.3, 0.4) is 0 Å². The molecule has 0 bridgehead atoms. The van der Waals surface area contributed by atoms with Gasteiger partial charge in [-0.1, -0.05) is 42.6 Å². The highest BCUT2D eigenvalue weighted by atomic mass is 32.2. The number of fused-ring (bicyclic) bond motifs is 3. The van der Waals surface area contributed by atoms with Gasteiger partial charge in [0.25, 0.3) is 0 Å². The summed E-state index contributed by atoms with van der Waals surface area (Å²) in [5, 5.41) is 13.4.